The van der Waals surface area contributed by atoms with Gasteiger partial charge in [0.25, 0.3) is 0 Å². The second-order valence-corrected chi connectivity index (χ2v) is 6.86. The molecule has 1 aromatic carbocycles. The minimum Gasteiger partial charge on any atom is -0.462 e. The van der Waals surface area contributed by atoms with E-state index in [2.05, 4.69) is 41.5 Å². The Labute approximate surface area is 170 Å². The predicted octanol–water partition coefficient (Wildman–Crippen LogP) is 5.02. The zero-order chi connectivity index (χ0) is 20.2. The quantitative estimate of drug-likeness (QED) is 0.474. The summed E-state index contributed by atoms with van der Waals surface area (Å²) < 4.78 is 7.32. The van der Waals surface area contributed by atoms with Crippen LogP contribution in [0.4, 0.5) is 5.82 Å². The average Bonchev–Trinajstić information content (AvgIpc) is 3.13. The number of benzene rings is 1. The molecule has 0 unspecified atom stereocenters. The fourth-order valence-electron chi connectivity index (χ4n) is 3.46. The van der Waals surface area contributed by atoms with Gasteiger partial charge in [-0.1, -0.05) is 42.0 Å². The third kappa shape index (κ3) is 3.85. The third-order valence-electron chi connectivity index (χ3n) is 4.87. The summed E-state index contributed by atoms with van der Waals surface area (Å²) in [7, 11) is 0. The van der Waals surface area contributed by atoms with Gasteiger partial charge in [0, 0.05) is 12.4 Å². The van der Waals surface area contributed by atoms with E-state index in [1.165, 1.54) is 5.56 Å². The molecule has 0 amide bonds. The van der Waals surface area contributed by atoms with Crippen LogP contribution in [0.2, 0.25) is 0 Å². The van der Waals surface area contributed by atoms with Crippen molar-refractivity contribution in [3.8, 4) is 0 Å². The molecule has 3 aromatic heterocycles. The van der Waals surface area contributed by atoms with Crippen LogP contribution in [0, 0.1) is 6.92 Å². The predicted molar refractivity (Wildman–Crippen MR) is 114 cm³/mol. The van der Waals surface area contributed by atoms with E-state index < -0.39 is 0 Å². The SMILES string of the molecule is CCOC(=O)c1cc([C@@H](Nc2ccccn2)c2ccc(C)cc2)n2ccccc12. The number of hydrogen-bond acceptors (Lipinski definition) is 4. The number of esters is 1. The fraction of sp³-hybridized carbons (Fsp3) is 0.167. The number of pyridine rings is 2. The first-order chi connectivity index (χ1) is 14.2. The van der Waals surface area contributed by atoms with E-state index in [0.29, 0.717) is 12.2 Å². The molecule has 1 atom stereocenters. The van der Waals surface area contributed by atoms with E-state index in [-0.39, 0.29) is 12.0 Å². The second kappa shape index (κ2) is 8.19. The van der Waals surface area contributed by atoms with Crippen LogP contribution in [-0.4, -0.2) is 22.0 Å². The lowest BCUT2D eigenvalue weighted by atomic mass is 10.0. The van der Waals surface area contributed by atoms with Crippen molar-refractivity contribution in [3.05, 3.63) is 102 Å². The molecular formula is C24H23N3O2. The molecule has 0 fully saturated rings. The summed E-state index contributed by atoms with van der Waals surface area (Å²) in [6.07, 6.45) is 3.73. The summed E-state index contributed by atoms with van der Waals surface area (Å²) in [5.41, 5.74) is 4.60. The highest BCUT2D eigenvalue weighted by atomic mass is 16.5. The Bertz CT molecular complexity index is 1120. The molecule has 0 radical (unpaired) electrons. The lowest BCUT2D eigenvalue weighted by Gasteiger charge is -2.20. The number of hydrogen-bond donors (Lipinski definition) is 1. The molecule has 4 aromatic rings. The Hall–Kier alpha value is -3.60. The maximum atomic E-state index is 12.6. The number of anilines is 1. The first-order valence-electron chi connectivity index (χ1n) is 9.68. The zero-order valence-corrected chi connectivity index (χ0v) is 16.5. The monoisotopic (exact) mass is 385 g/mol. The minimum atomic E-state index is -0.317. The van der Waals surface area contributed by atoms with E-state index >= 15 is 0 Å². The second-order valence-electron chi connectivity index (χ2n) is 6.86. The smallest absolute Gasteiger partial charge is 0.340 e. The van der Waals surface area contributed by atoms with Gasteiger partial charge in [0.05, 0.1) is 29.4 Å². The highest BCUT2D eigenvalue weighted by Gasteiger charge is 2.23. The van der Waals surface area contributed by atoms with Crippen molar-refractivity contribution in [3.63, 3.8) is 0 Å². The average molecular weight is 385 g/mol. The highest BCUT2D eigenvalue weighted by molar-refractivity contribution is 5.97. The molecule has 5 nitrogen and oxygen atoms in total. The van der Waals surface area contributed by atoms with E-state index in [1.54, 1.807) is 6.20 Å². The normalized spacial score (nSPS) is 11.9. The van der Waals surface area contributed by atoms with Gasteiger partial charge >= 0.3 is 5.97 Å². The molecule has 4 rings (SSSR count). The van der Waals surface area contributed by atoms with Crippen molar-refractivity contribution in [1.29, 1.82) is 0 Å². The lowest BCUT2D eigenvalue weighted by molar-refractivity contribution is 0.0529. The minimum absolute atomic E-state index is 0.191. The van der Waals surface area contributed by atoms with Crippen LogP contribution in [0.25, 0.3) is 5.52 Å². The van der Waals surface area contributed by atoms with Gasteiger partial charge in [-0.2, -0.15) is 0 Å². The summed E-state index contributed by atoms with van der Waals surface area (Å²) in [6.45, 7) is 4.22. The summed E-state index contributed by atoms with van der Waals surface area (Å²) in [5, 5.41) is 3.52. The molecule has 1 N–H and O–H groups in total. The number of carbonyl (C=O) groups is 1. The van der Waals surface area contributed by atoms with E-state index in [4.69, 9.17) is 4.74 Å². The molecule has 0 saturated heterocycles. The fourth-order valence-corrected chi connectivity index (χ4v) is 3.46. The van der Waals surface area contributed by atoms with Crippen molar-refractivity contribution >= 4 is 17.3 Å². The first kappa shape index (κ1) is 18.7. The van der Waals surface area contributed by atoms with Crippen molar-refractivity contribution < 1.29 is 9.53 Å². The summed E-state index contributed by atoms with van der Waals surface area (Å²) >= 11 is 0. The van der Waals surface area contributed by atoms with E-state index in [1.807, 2.05) is 60.0 Å². The van der Waals surface area contributed by atoms with Gasteiger partial charge in [-0.3, -0.25) is 0 Å². The van der Waals surface area contributed by atoms with Gasteiger partial charge in [-0.15, -0.1) is 0 Å². The zero-order valence-electron chi connectivity index (χ0n) is 16.5. The number of carbonyl (C=O) groups excluding carboxylic acids is 1. The summed E-state index contributed by atoms with van der Waals surface area (Å²) in [6, 6.07) is 21.7. The Balaban J connectivity index is 1.87. The number of fused-ring (bicyclic) bond motifs is 1. The largest absolute Gasteiger partial charge is 0.462 e. The third-order valence-corrected chi connectivity index (χ3v) is 4.87. The van der Waals surface area contributed by atoms with Crippen LogP contribution in [0.1, 0.15) is 40.1 Å². The molecular weight excluding hydrogens is 362 g/mol. The van der Waals surface area contributed by atoms with Crippen LogP contribution < -0.4 is 5.32 Å². The highest BCUT2D eigenvalue weighted by Crippen LogP contribution is 2.30. The van der Waals surface area contributed by atoms with Crippen LogP contribution in [-0.2, 0) is 4.74 Å². The summed E-state index contributed by atoms with van der Waals surface area (Å²) in [4.78, 5) is 17.0. The van der Waals surface area contributed by atoms with Gasteiger partial charge in [-0.05, 0) is 49.7 Å². The number of nitrogens with zero attached hydrogens (tertiary/aromatic N) is 2. The number of ether oxygens (including phenoxy) is 1. The molecule has 0 saturated carbocycles. The Morgan fingerprint density at radius 1 is 1.10 bits per heavy atom. The molecule has 0 aliphatic heterocycles. The van der Waals surface area contributed by atoms with Gasteiger partial charge < -0.3 is 14.5 Å². The van der Waals surface area contributed by atoms with Crippen molar-refractivity contribution in [1.82, 2.24) is 9.38 Å². The Morgan fingerprint density at radius 2 is 1.90 bits per heavy atom. The van der Waals surface area contributed by atoms with Gasteiger partial charge in [-0.25, -0.2) is 9.78 Å². The summed E-state index contributed by atoms with van der Waals surface area (Å²) in [5.74, 6) is 0.449. The van der Waals surface area contributed by atoms with Crippen LogP contribution in [0.5, 0.6) is 0 Å². The van der Waals surface area contributed by atoms with Gasteiger partial charge in [0.15, 0.2) is 0 Å². The van der Waals surface area contributed by atoms with Crippen molar-refractivity contribution in [2.24, 2.45) is 0 Å². The number of rotatable bonds is 6. The van der Waals surface area contributed by atoms with Crippen LogP contribution >= 0.6 is 0 Å². The maximum Gasteiger partial charge on any atom is 0.340 e. The van der Waals surface area contributed by atoms with Gasteiger partial charge in [0.2, 0.25) is 0 Å². The number of aryl methyl sites for hydroxylation is 1. The van der Waals surface area contributed by atoms with E-state index in [0.717, 1.165) is 22.6 Å². The number of nitrogens with one attached hydrogen (secondary N) is 1. The topological polar surface area (TPSA) is 55.6 Å². The van der Waals surface area contributed by atoms with E-state index in [9.17, 15) is 4.79 Å². The Morgan fingerprint density at radius 3 is 2.62 bits per heavy atom. The molecule has 0 bridgehead atoms. The van der Waals surface area contributed by atoms with Crippen molar-refractivity contribution in [2.75, 3.05) is 11.9 Å². The molecule has 146 valence electrons. The molecule has 0 aliphatic carbocycles. The van der Waals surface area contributed by atoms with Crippen molar-refractivity contribution in [2.45, 2.75) is 19.9 Å². The first-order valence-corrected chi connectivity index (χ1v) is 9.68. The van der Waals surface area contributed by atoms with Crippen LogP contribution in [0.15, 0.2) is 79.1 Å². The lowest BCUT2D eigenvalue weighted by Crippen LogP contribution is -2.15. The molecule has 5 heteroatoms. The van der Waals surface area contributed by atoms with Crippen LogP contribution in [0.3, 0.4) is 0 Å². The standard InChI is InChI=1S/C24H23N3O2/c1-3-29-24(28)19-16-21(27-15-7-5-8-20(19)27)23(18-12-10-17(2)11-13-18)26-22-9-4-6-14-25-22/h4-16,23H,3H2,1-2H3,(H,25,26)/t23-/m0/s1. The number of aromatic nitrogens is 2. The Kier molecular flexibility index (Phi) is 5.29. The molecule has 0 spiro atoms. The van der Waals surface area contributed by atoms with Gasteiger partial charge in [0.1, 0.15) is 5.82 Å². The molecule has 3 heterocycles. The molecule has 29 heavy (non-hydrogen) atoms. The molecule has 0 aliphatic rings. The maximum absolute atomic E-state index is 12.6.